The zero-order chi connectivity index (χ0) is 22.0. The summed E-state index contributed by atoms with van der Waals surface area (Å²) in [5.74, 6) is 3.43. The van der Waals surface area contributed by atoms with Gasteiger partial charge in [-0.25, -0.2) is 4.99 Å². The number of ether oxygens (including phenoxy) is 2. The van der Waals surface area contributed by atoms with Crippen molar-refractivity contribution < 1.29 is 13.9 Å². The molecular weight excluding hydrogens is 404 g/mol. The van der Waals surface area contributed by atoms with Crippen LogP contribution < -0.4 is 15.4 Å². The van der Waals surface area contributed by atoms with Crippen LogP contribution in [0.1, 0.15) is 30.6 Å². The quantitative estimate of drug-likeness (QED) is 0.461. The van der Waals surface area contributed by atoms with E-state index in [0.29, 0.717) is 18.5 Å². The highest BCUT2D eigenvalue weighted by molar-refractivity contribution is 5.80. The number of guanidine groups is 1. The zero-order valence-electron chi connectivity index (χ0n) is 19.1. The van der Waals surface area contributed by atoms with Gasteiger partial charge in [0.25, 0.3) is 0 Å². The minimum absolute atomic E-state index is 0.441. The number of likely N-dealkylation sites (tertiary alicyclic amines) is 1. The molecule has 7 heteroatoms. The van der Waals surface area contributed by atoms with Crippen LogP contribution in [0.2, 0.25) is 0 Å². The summed E-state index contributed by atoms with van der Waals surface area (Å²) in [7, 11) is 1.69. The summed E-state index contributed by atoms with van der Waals surface area (Å²) in [5, 5.41) is 7.17. The molecule has 0 aliphatic carbocycles. The molecule has 1 aromatic carbocycles. The smallest absolute Gasteiger partial charge is 0.191 e. The van der Waals surface area contributed by atoms with Crippen molar-refractivity contribution in [1.82, 2.24) is 15.5 Å². The number of furan rings is 1. The normalized spacial score (nSPS) is 20.4. The molecule has 4 rings (SSSR count). The van der Waals surface area contributed by atoms with Gasteiger partial charge < -0.3 is 29.4 Å². The second kappa shape index (κ2) is 11.9. The molecule has 0 radical (unpaired) electrons. The molecule has 2 saturated heterocycles. The number of benzene rings is 1. The maximum absolute atomic E-state index is 5.54. The summed E-state index contributed by atoms with van der Waals surface area (Å²) < 4.78 is 16.2. The Labute approximate surface area is 191 Å². The lowest BCUT2D eigenvalue weighted by Crippen LogP contribution is -2.49. The summed E-state index contributed by atoms with van der Waals surface area (Å²) in [6, 6.07) is 12.5. The van der Waals surface area contributed by atoms with E-state index in [1.54, 1.807) is 13.4 Å². The highest BCUT2D eigenvalue weighted by Crippen LogP contribution is 2.18. The van der Waals surface area contributed by atoms with Crippen LogP contribution in [-0.2, 0) is 17.7 Å². The third kappa shape index (κ3) is 7.00. The molecule has 0 saturated carbocycles. The van der Waals surface area contributed by atoms with Crippen LogP contribution in [0.25, 0.3) is 0 Å². The molecule has 0 spiro atoms. The van der Waals surface area contributed by atoms with Gasteiger partial charge in [-0.05, 0) is 55.0 Å². The largest absolute Gasteiger partial charge is 0.497 e. The zero-order valence-corrected chi connectivity index (χ0v) is 19.1. The van der Waals surface area contributed by atoms with Crippen molar-refractivity contribution in [2.24, 2.45) is 10.9 Å². The number of hydrogen-bond acceptors (Lipinski definition) is 5. The second-order valence-corrected chi connectivity index (χ2v) is 8.72. The number of rotatable bonds is 9. The molecule has 2 aromatic rings. The van der Waals surface area contributed by atoms with Crippen LogP contribution in [0.15, 0.2) is 52.1 Å². The van der Waals surface area contributed by atoms with E-state index in [2.05, 4.69) is 27.7 Å². The fourth-order valence-electron chi connectivity index (χ4n) is 4.36. The Morgan fingerprint density at radius 2 is 2.00 bits per heavy atom. The van der Waals surface area contributed by atoms with Crippen LogP contribution in [-0.4, -0.2) is 63.4 Å². The first-order valence-electron chi connectivity index (χ1n) is 11.8. The molecule has 2 fully saturated rings. The van der Waals surface area contributed by atoms with Crippen molar-refractivity contribution in [2.45, 2.75) is 38.3 Å². The molecule has 2 aliphatic heterocycles. The van der Waals surface area contributed by atoms with Gasteiger partial charge in [-0.1, -0.05) is 12.1 Å². The van der Waals surface area contributed by atoms with Crippen molar-refractivity contribution >= 4 is 5.96 Å². The van der Waals surface area contributed by atoms with E-state index >= 15 is 0 Å². The molecule has 3 heterocycles. The van der Waals surface area contributed by atoms with E-state index in [1.807, 2.05) is 24.3 Å². The first-order valence-corrected chi connectivity index (χ1v) is 11.8. The number of nitrogens with one attached hydrogen (secondary N) is 2. The third-order valence-corrected chi connectivity index (χ3v) is 6.29. The van der Waals surface area contributed by atoms with Gasteiger partial charge in [0.05, 0.1) is 26.5 Å². The summed E-state index contributed by atoms with van der Waals surface area (Å²) >= 11 is 0. The first-order chi connectivity index (χ1) is 15.8. The number of hydrogen-bond donors (Lipinski definition) is 2. The third-order valence-electron chi connectivity index (χ3n) is 6.29. The maximum Gasteiger partial charge on any atom is 0.191 e. The van der Waals surface area contributed by atoms with Gasteiger partial charge >= 0.3 is 0 Å². The average Bonchev–Trinajstić information content (AvgIpc) is 3.53. The minimum Gasteiger partial charge on any atom is -0.497 e. The molecule has 2 aliphatic rings. The standard InChI is InChI=1S/C25H36N4O3/c1-30-23-6-4-20(5-7-23)17-27-25(26-12-8-24-3-2-15-32-24)28-22-9-13-29(14-10-22)18-21-11-16-31-19-21/h2-7,15,21-22H,8-14,16-19H2,1H3,(H2,26,27,28). The lowest BCUT2D eigenvalue weighted by Gasteiger charge is -2.34. The van der Waals surface area contributed by atoms with E-state index < -0.39 is 0 Å². The summed E-state index contributed by atoms with van der Waals surface area (Å²) in [5.41, 5.74) is 1.16. The van der Waals surface area contributed by atoms with Crippen molar-refractivity contribution in [3.05, 3.63) is 54.0 Å². The summed E-state index contributed by atoms with van der Waals surface area (Å²) in [4.78, 5) is 7.45. The van der Waals surface area contributed by atoms with E-state index in [0.717, 1.165) is 75.1 Å². The van der Waals surface area contributed by atoms with Gasteiger partial charge in [-0.15, -0.1) is 0 Å². The summed E-state index contributed by atoms with van der Waals surface area (Å²) in [6.45, 7) is 6.70. The highest BCUT2D eigenvalue weighted by atomic mass is 16.5. The SMILES string of the molecule is COc1ccc(CN=C(NCCc2ccco2)NC2CCN(CC3CCOC3)CC2)cc1. The Morgan fingerprint density at radius 3 is 2.69 bits per heavy atom. The molecule has 1 aromatic heterocycles. The molecule has 0 bridgehead atoms. The number of aliphatic imine (C=N–C) groups is 1. The van der Waals surface area contributed by atoms with Crippen LogP contribution in [0.3, 0.4) is 0 Å². The lowest BCUT2D eigenvalue weighted by atomic mass is 10.0. The molecule has 0 amide bonds. The fourth-order valence-corrected chi connectivity index (χ4v) is 4.36. The van der Waals surface area contributed by atoms with Crippen molar-refractivity contribution in [3.63, 3.8) is 0 Å². The highest BCUT2D eigenvalue weighted by Gasteiger charge is 2.24. The Morgan fingerprint density at radius 1 is 1.16 bits per heavy atom. The van der Waals surface area contributed by atoms with Crippen LogP contribution in [0.4, 0.5) is 0 Å². The van der Waals surface area contributed by atoms with Crippen molar-refractivity contribution in [3.8, 4) is 5.75 Å². The predicted octanol–water partition coefficient (Wildman–Crippen LogP) is 3.07. The Balaban J connectivity index is 1.29. The van der Waals surface area contributed by atoms with Gasteiger partial charge in [-0.2, -0.15) is 0 Å². The van der Waals surface area contributed by atoms with Gasteiger partial charge in [0.15, 0.2) is 5.96 Å². The second-order valence-electron chi connectivity index (χ2n) is 8.72. The number of nitrogens with zero attached hydrogens (tertiary/aromatic N) is 2. The van der Waals surface area contributed by atoms with Gasteiger partial charge in [0.1, 0.15) is 11.5 Å². The van der Waals surface area contributed by atoms with E-state index in [4.69, 9.17) is 18.9 Å². The number of piperidine rings is 1. The molecule has 174 valence electrons. The molecule has 7 nitrogen and oxygen atoms in total. The molecule has 1 atom stereocenters. The van der Waals surface area contributed by atoms with Gasteiger partial charge in [0, 0.05) is 45.2 Å². The molecule has 32 heavy (non-hydrogen) atoms. The number of methoxy groups -OCH3 is 1. The Bertz CT molecular complexity index is 808. The van der Waals surface area contributed by atoms with Crippen LogP contribution >= 0.6 is 0 Å². The predicted molar refractivity (Wildman–Crippen MR) is 126 cm³/mol. The lowest BCUT2D eigenvalue weighted by molar-refractivity contribution is 0.150. The van der Waals surface area contributed by atoms with E-state index in [9.17, 15) is 0 Å². The summed E-state index contributed by atoms with van der Waals surface area (Å²) in [6.07, 6.45) is 6.03. The molecule has 2 N–H and O–H groups in total. The minimum atomic E-state index is 0.441. The van der Waals surface area contributed by atoms with E-state index in [1.165, 1.54) is 13.0 Å². The topological polar surface area (TPSA) is 71.3 Å². The monoisotopic (exact) mass is 440 g/mol. The first kappa shape index (κ1) is 22.7. The Kier molecular flexibility index (Phi) is 8.45. The maximum atomic E-state index is 5.54. The van der Waals surface area contributed by atoms with Gasteiger partial charge in [0.2, 0.25) is 0 Å². The van der Waals surface area contributed by atoms with E-state index in [-0.39, 0.29) is 0 Å². The van der Waals surface area contributed by atoms with Crippen molar-refractivity contribution in [1.29, 1.82) is 0 Å². The molecule has 1 unspecified atom stereocenters. The Hall–Kier alpha value is -2.51. The molecular formula is C25H36N4O3. The van der Waals surface area contributed by atoms with Crippen LogP contribution in [0.5, 0.6) is 5.75 Å². The van der Waals surface area contributed by atoms with Gasteiger partial charge in [-0.3, -0.25) is 0 Å². The van der Waals surface area contributed by atoms with Crippen LogP contribution in [0, 0.1) is 5.92 Å². The average molecular weight is 441 g/mol. The van der Waals surface area contributed by atoms with Crippen molar-refractivity contribution in [2.75, 3.05) is 46.5 Å². The fraction of sp³-hybridized carbons (Fsp3) is 0.560.